The zero-order valence-corrected chi connectivity index (χ0v) is 11.3. The number of hydrogen-bond acceptors (Lipinski definition) is 3. The number of anilines is 1. The zero-order valence-electron chi connectivity index (χ0n) is 11.3. The third-order valence-electron chi connectivity index (χ3n) is 4.18. The maximum atomic E-state index is 13.0. The molecule has 1 heterocycles. The minimum Gasteiger partial charge on any atom is -0.398 e. The Labute approximate surface area is 114 Å². The maximum Gasteiger partial charge on any atom is 0.125 e. The lowest BCUT2D eigenvalue weighted by molar-refractivity contribution is 0.123. The lowest BCUT2D eigenvalue weighted by atomic mass is 10.1. The average molecular weight is 263 g/mol. The Bertz CT molecular complexity index is 437. The van der Waals surface area contributed by atoms with Gasteiger partial charge in [0.15, 0.2) is 0 Å². The highest BCUT2D eigenvalue weighted by Gasteiger charge is 2.26. The van der Waals surface area contributed by atoms with Crippen molar-refractivity contribution in [2.45, 2.75) is 19.4 Å². The quantitative estimate of drug-likeness (QED) is 0.843. The van der Waals surface area contributed by atoms with Crippen molar-refractivity contribution in [1.29, 1.82) is 0 Å². The summed E-state index contributed by atoms with van der Waals surface area (Å²) in [6.07, 6.45) is 2.85. The SMILES string of the molecule is Nc1cc(F)ccc1CN1CCN(CC2CC2)CC1. The topological polar surface area (TPSA) is 32.5 Å². The third-order valence-corrected chi connectivity index (χ3v) is 4.18. The Hall–Kier alpha value is -1.13. The summed E-state index contributed by atoms with van der Waals surface area (Å²) in [6, 6.07) is 4.72. The summed E-state index contributed by atoms with van der Waals surface area (Å²) < 4.78 is 13.0. The number of hydrogen-bond donors (Lipinski definition) is 1. The lowest BCUT2D eigenvalue weighted by Crippen LogP contribution is -2.46. The molecule has 0 atom stereocenters. The zero-order chi connectivity index (χ0) is 13.2. The molecular weight excluding hydrogens is 241 g/mol. The minimum atomic E-state index is -0.254. The molecular formula is C15H22FN3. The van der Waals surface area contributed by atoms with E-state index in [-0.39, 0.29) is 5.82 Å². The van der Waals surface area contributed by atoms with Crippen molar-refractivity contribution in [3.8, 4) is 0 Å². The minimum absolute atomic E-state index is 0.254. The van der Waals surface area contributed by atoms with Crippen LogP contribution in [-0.2, 0) is 6.54 Å². The van der Waals surface area contributed by atoms with Crippen molar-refractivity contribution < 1.29 is 4.39 Å². The molecule has 1 saturated carbocycles. The normalized spacial score (nSPS) is 21.7. The molecule has 2 N–H and O–H groups in total. The van der Waals surface area contributed by atoms with Crippen LogP contribution in [0, 0.1) is 11.7 Å². The fraction of sp³-hybridized carbons (Fsp3) is 0.600. The lowest BCUT2D eigenvalue weighted by Gasteiger charge is -2.35. The molecule has 0 unspecified atom stereocenters. The van der Waals surface area contributed by atoms with E-state index >= 15 is 0 Å². The number of nitrogens with zero attached hydrogens (tertiary/aromatic N) is 2. The fourth-order valence-electron chi connectivity index (χ4n) is 2.75. The van der Waals surface area contributed by atoms with Gasteiger partial charge >= 0.3 is 0 Å². The van der Waals surface area contributed by atoms with E-state index in [0.29, 0.717) is 5.69 Å². The van der Waals surface area contributed by atoms with Gasteiger partial charge in [-0.05, 0) is 36.5 Å². The van der Waals surface area contributed by atoms with Crippen LogP contribution >= 0.6 is 0 Å². The van der Waals surface area contributed by atoms with Gasteiger partial charge in [-0.15, -0.1) is 0 Å². The molecule has 1 aromatic carbocycles. The van der Waals surface area contributed by atoms with Crippen LogP contribution in [0.4, 0.5) is 10.1 Å². The third kappa shape index (κ3) is 3.45. The van der Waals surface area contributed by atoms with E-state index < -0.39 is 0 Å². The molecule has 0 spiro atoms. The van der Waals surface area contributed by atoms with Gasteiger partial charge in [0.2, 0.25) is 0 Å². The van der Waals surface area contributed by atoms with Crippen LogP contribution in [0.15, 0.2) is 18.2 Å². The predicted molar refractivity (Wildman–Crippen MR) is 75.3 cm³/mol. The van der Waals surface area contributed by atoms with Gasteiger partial charge in [-0.2, -0.15) is 0 Å². The van der Waals surface area contributed by atoms with Crippen molar-refractivity contribution in [2.75, 3.05) is 38.5 Å². The van der Waals surface area contributed by atoms with E-state index in [0.717, 1.165) is 44.2 Å². The maximum absolute atomic E-state index is 13.0. The highest BCUT2D eigenvalue weighted by Crippen LogP contribution is 2.30. The van der Waals surface area contributed by atoms with Crippen molar-refractivity contribution in [3.05, 3.63) is 29.6 Å². The Kier molecular flexibility index (Phi) is 3.71. The molecule has 19 heavy (non-hydrogen) atoms. The second-order valence-corrected chi connectivity index (χ2v) is 5.86. The average Bonchev–Trinajstić information content (AvgIpc) is 3.19. The first-order valence-corrected chi connectivity index (χ1v) is 7.19. The Morgan fingerprint density at radius 3 is 2.42 bits per heavy atom. The van der Waals surface area contributed by atoms with E-state index in [1.165, 1.54) is 31.5 Å². The molecule has 104 valence electrons. The first-order chi connectivity index (χ1) is 9.20. The van der Waals surface area contributed by atoms with Crippen LogP contribution in [0.2, 0.25) is 0 Å². The number of rotatable bonds is 4. The first-order valence-electron chi connectivity index (χ1n) is 7.19. The van der Waals surface area contributed by atoms with Gasteiger partial charge in [0.1, 0.15) is 5.82 Å². The Morgan fingerprint density at radius 1 is 1.11 bits per heavy atom. The summed E-state index contributed by atoms with van der Waals surface area (Å²) in [6.45, 7) is 6.60. The molecule has 0 radical (unpaired) electrons. The van der Waals surface area contributed by atoms with Gasteiger partial charge < -0.3 is 10.6 Å². The summed E-state index contributed by atoms with van der Waals surface area (Å²) in [4.78, 5) is 4.98. The molecule has 2 fully saturated rings. The Balaban J connectivity index is 1.50. The molecule has 1 aromatic rings. The molecule has 0 amide bonds. The molecule has 1 aliphatic heterocycles. The van der Waals surface area contributed by atoms with Gasteiger partial charge in [-0.1, -0.05) is 6.07 Å². The van der Waals surface area contributed by atoms with Crippen molar-refractivity contribution >= 4 is 5.69 Å². The highest BCUT2D eigenvalue weighted by atomic mass is 19.1. The van der Waals surface area contributed by atoms with Crippen molar-refractivity contribution in [3.63, 3.8) is 0 Å². The fourth-order valence-corrected chi connectivity index (χ4v) is 2.75. The molecule has 1 aliphatic carbocycles. The molecule has 3 rings (SSSR count). The summed E-state index contributed by atoms with van der Waals surface area (Å²) in [5.74, 6) is 0.717. The van der Waals surface area contributed by atoms with Crippen molar-refractivity contribution in [2.24, 2.45) is 5.92 Å². The van der Waals surface area contributed by atoms with E-state index in [9.17, 15) is 4.39 Å². The molecule has 3 nitrogen and oxygen atoms in total. The number of nitrogen functional groups attached to an aromatic ring is 1. The van der Waals surface area contributed by atoms with Gasteiger partial charge in [0.05, 0.1) is 0 Å². The molecule has 2 aliphatic rings. The second-order valence-electron chi connectivity index (χ2n) is 5.86. The van der Waals surface area contributed by atoms with E-state index in [1.807, 2.05) is 0 Å². The second kappa shape index (κ2) is 5.47. The van der Waals surface area contributed by atoms with Gasteiger partial charge in [-0.25, -0.2) is 4.39 Å². The van der Waals surface area contributed by atoms with Crippen LogP contribution in [0.3, 0.4) is 0 Å². The summed E-state index contributed by atoms with van der Waals surface area (Å²) >= 11 is 0. The number of piperazine rings is 1. The monoisotopic (exact) mass is 263 g/mol. The molecule has 4 heteroatoms. The highest BCUT2D eigenvalue weighted by molar-refractivity contribution is 5.46. The summed E-state index contributed by atoms with van der Waals surface area (Å²) in [7, 11) is 0. The number of halogens is 1. The Morgan fingerprint density at radius 2 is 1.79 bits per heavy atom. The van der Waals surface area contributed by atoms with Crippen LogP contribution in [0.25, 0.3) is 0 Å². The molecule has 1 saturated heterocycles. The van der Waals surface area contributed by atoms with Gasteiger partial charge in [0, 0.05) is 45.0 Å². The predicted octanol–water partition coefficient (Wildman–Crippen LogP) is 1.94. The van der Waals surface area contributed by atoms with E-state index in [2.05, 4.69) is 9.80 Å². The summed E-state index contributed by atoms with van der Waals surface area (Å²) in [5.41, 5.74) is 7.47. The van der Waals surface area contributed by atoms with E-state index in [4.69, 9.17) is 5.73 Å². The van der Waals surface area contributed by atoms with Crippen LogP contribution in [0.5, 0.6) is 0 Å². The van der Waals surface area contributed by atoms with Crippen LogP contribution in [-0.4, -0.2) is 42.5 Å². The number of nitrogens with two attached hydrogens (primary N) is 1. The van der Waals surface area contributed by atoms with Gasteiger partial charge in [0.25, 0.3) is 0 Å². The smallest absolute Gasteiger partial charge is 0.125 e. The standard InChI is InChI=1S/C15H22FN3/c16-14-4-3-13(15(17)9-14)11-19-7-5-18(6-8-19)10-12-1-2-12/h3-4,9,12H,1-2,5-8,10-11,17H2. The van der Waals surface area contributed by atoms with Crippen molar-refractivity contribution in [1.82, 2.24) is 9.80 Å². The first kappa shape index (κ1) is 12.9. The molecule has 0 aromatic heterocycles. The van der Waals surface area contributed by atoms with Crippen LogP contribution in [0.1, 0.15) is 18.4 Å². The summed E-state index contributed by atoms with van der Waals surface area (Å²) in [5, 5.41) is 0. The molecule has 0 bridgehead atoms. The van der Waals surface area contributed by atoms with Gasteiger partial charge in [-0.3, -0.25) is 4.90 Å². The van der Waals surface area contributed by atoms with Crippen LogP contribution < -0.4 is 5.73 Å². The van der Waals surface area contributed by atoms with E-state index in [1.54, 1.807) is 6.07 Å². The largest absolute Gasteiger partial charge is 0.398 e. The number of benzene rings is 1.